The van der Waals surface area contributed by atoms with Crippen molar-refractivity contribution in [1.29, 1.82) is 5.26 Å². The zero-order valence-corrected chi connectivity index (χ0v) is 23.6. The minimum Gasteiger partial charge on any atom is -0.478 e. The molecule has 44 heavy (non-hydrogen) atoms. The number of carbonyl (C=O) groups is 1. The van der Waals surface area contributed by atoms with Crippen molar-refractivity contribution in [2.45, 2.75) is 38.8 Å². The van der Waals surface area contributed by atoms with Crippen LogP contribution in [0.3, 0.4) is 0 Å². The Morgan fingerprint density at radius 3 is 2.48 bits per heavy atom. The first-order valence-corrected chi connectivity index (χ1v) is 14.1. The molecule has 0 saturated heterocycles. The molecule has 1 N–H and O–H groups in total. The third-order valence-electron chi connectivity index (χ3n) is 8.24. The first-order chi connectivity index (χ1) is 21.3. The van der Waals surface area contributed by atoms with Crippen LogP contribution >= 0.6 is 0 Å². The van der Waals surface area contributed by atoms with Crippen LogP contribution in [-0.2, 0) is 19.6 Å². The van der Waals surface area contributed by atoms with Gasteiger partial charge in [0.25, 0.3) is 0 Å². The van der Waals surface area contributed by atoms with Crippen LogP contribution in [0.1, 0.15) is 52.1 Å². The number of hydrogen-bond acceptors (Lipinski definition) is 5. The number of aromatic carboxylic acids is 1. The van der Waals surface area contributed by atoms with Gasteiger partial charge in [0.1, 0.15) is 24.1 Å². The van der Waals surface area contributed by atoms with Crippen LogP contribution in [-0.4, -0.2) is 32.3 Å². The zero-order chi connectivity index (χ0) is 30.8. The highest BCUT2D eigenvalue weighted by atomic mass is 19.1. The van der Waals surface area contributed by atoms with E-state index in [1.807, 2.05) is 10.6 Å². The van der Waals surface area contributed by atoms with Gasteiger partial charge in [0.2, 0.25) is 5.88 Å². The van der Waals surface area contributed by atoms with E-state index in [1.54, 1.807) is 36.4 Å². The molecule has 6 rings (SSSR count). The van der Waals surface area contributed by atoms with Crippen molar-refractivity contribution < 1.29 is 27.8 Å². The van der Waals surface area contributed by atoms with Crippen LogP contribution in [0.2, 0.25) is 0 Å². The summed E-state index contributed by atoms with van der Waals surface area (Å²) in [6.45, 7) is -0.257. The fourth-order valence-electron chi connectivity index (χ4n) is 5.53. The number of aromatic nitrogens is 3. The Hall–Kier alpha value is -5.17. The number of carboxylic acid groups (broad SMARTS) is 1. The Balaban J connectivity index is 1.25. The Bertz CT molecular complexity index is 1920. The number of rotatable bonds is 10. The number of pyridine rings is 1. The van der Waals surface area contributed by atoms with E-state index in [4.69, 9.17) is 10.00 Å². The van der Waals surface area contributed by atoms with Gasteiger partial charge in [-0.1, -0.05) is 30.7 Å². The van der Waals surface area contributed by atoms with Gasteiger partial charge in [-0.15, -0.1) is 0 Å². The lowest BCUT2D eigenvalue weighted by Crippen LogP contribution is -2.36. The summed E-state index contributed by atoms with van der Waals surface area (Å²) in [5.41, 5.74) is 2.53. The Kier molecular flexibility index (Phi) is 7.78. The standard InChI is InChI=1S/C34H27F3N4O3/c35-19-34(11-2-12-34)20-41-30-15-24(33(42)43)9-10-29(30)39-31(41)16-22-7-8-23(14-27(22)37)28-3-1-4-32(40-28)44-18-25-6-5-21(17-38)13-26(25)36/h1,3-10,13-15H,2,11-12,16,18-20H2,(H,42,43). The quantitative estimate of drug-likeness (QED) is 0.182. The topological polar surface area (TPSA) is 101 Å². The lowest BCUT2D eigenvalue weighted by molar-refractivity contribution is 0.0692. The van der Waals surface area contributed by atoms with E-state index in [1.165, 1.54) is 30.3 Å². The molecule has 0 unspecified atom stereocenters. The van der Waals surface area contributed by atoms with Crippen LogP contribution in [0, 0.1) is 28.4 Å². The highest BCUT2D eigenvalue weighted by molar-refractivity contribution is 5.92. The van der Waals surface area contributed by atoms with E-state index < -0.39 is 29.7 Å². The van der Waals surface area contributed by atoms with Crippen molar-refractivity contribution in [3.05, 3.63) is 113 Å². The maximum Gasteiger partial charge on any atom is 0.335 e. The molecule has 0 aliphatic heterocycles. The summed E-state index contributed by atoms with van der Waals surface area (Å²) in [5, 5.41) is 18.4. The van der Waals surface area contributed by atoms with Crippen molar-refractivity contribution in [3.63, 3.8) is 0 Å². The second-order valence-corrected chi connectivity index (χ2v) is 11.2. The Labute approximate surface area is 251 Å². The first-order valence-electron chi connectivity index (χ1n) is 14.1. The van der Waals surface area contributed by atoms with E-state index in [0.717, 1.165) is 25.3 Å². The van der Waals surface area contributed by atoms with E-state index in [-0.39, 0.29) is 35.6 Å². The third kappa shape index (κ3) is 5.73. The molecule has 1 aliphatic rings. The van der Waals surface area contributed by atoms with Gasteiger partial charge >= 0.3 is 5.97 Å². The molecule has 1 saturated carbocycles. The number of nitriles is 1. The average molecular weight is 597 g/mol. The fraction of sp³-hybridized carbons (Fsp3) is 0.235. The fourth-order valence-corrected chi connectivity index (χ4v) is 5.53. The number of nitrogens with zero attached hydrogens (tertiary/aromatic N) is 4. The van der Waals surface area contributed by atoms with Gasteiger partial charge in [-0.25, -0.2) is 23.5 Å². The van der Waals surface area contributed by atoms with Crippen molar-refractivity contribution >= 4 is 17.0 Å². The number of fused-ring (bicyclic) bond motifs is 1. The zero-order valence-electron chi connectivity index (χ0n) is 23.6. The number of ether oxygens (including phenoxy) is 1. The minimum absolute atomic E-state index is 0.0973. The van der Waals surface area contributed by atoms with Crippen LogP contribution in [0.25, 0.3) is 22.3 Å². The summed E-state index contributed by atoms with van der Waals surface area (Å²) in [7, 11) is 0. The number of carboxylic acids is 1. The predicted molar refractivity (Wildman–Crippen MR) is 157 cm³/mol. The smallest absolute Gasteiger partial charge is 0.335 e. The molecule has 0 amide bonds. The van der Waals surface area contributed by atoms with E-state index in [0.29, 0.717) is 40.2 Å². The lowest BCUT2D eigenvalue weighted by atomic mass is 9.69. The number of imidazole rings is 1. The van der Waals surface area contributed by atoms with Crippen molar-refractivity contribution in [1.82, 2.24) is 14.5 Å². The summed E-state index contributed by atoms with van der Waals surface area (Å²) in [5.74, 6) is -1.36. The summed E-state index contributed by atoms with van der Waals surface area (Å²) < 4.78 is 51.4. The molecule has 2 heterocycles. The molecule has 10 heteroatoms. The minimum atomic E-state index is -1.07. The average Bonchev–Trinajstić information content (AvgIpc) is 3.34. The molecule has 7 nitrogen and oxygen atoms in total. The molecule has 5 aromatic rings. The maximum atomic E-state index is 15.5. The number of hydrogen-bond donors (Lipinski definition) is 1. The first kappa shape index (κ1) is 28.9. The normalized spacial score (nSPS) is 13.8. The van der Waals surface area contributed by atoms with Gasteiger partial charge < -0.3 is 14.4 Å². The Morgan fingerprint density at radius 2 is 1.80 bits per heavy atom. The molecule has 222 valence electrons. The highest BCUT2D eigenvalue weighted by Crippen LogP contribution is 2.43. The molecule has 0 spiro atoms. The van der Waals surface area contributed by atoms with E-state index in [2.05, 4.69) is 9.97 Å². The van der Waals surface area contributed by atoms with Crippen LogP contribution < -0.4 is 4.74 Å². The van der Waals surface area contributed by atoms with Gasteiger partial charge in [0.05, 0.1) is 40.6 Å². The molecule has 0 atom stereocenters. The van der Waals surface area contributed by atoms with Gasteiger partial charge in [0.15, 0.2) is 0 Å². The van der Waals surface area contributed by atoms with Crippen molar-refractivity contribution in [2.75, 3.05) is 6.67 Å². The summed E-state index contributed by atoms with van der Waals surface area (Å²) in [6.07, 6.45) is 2.50. The second-order valence-electron chi connectivity index (χ2n) is 11.2. The summed E-state index contributed by atoms with van der Waals surface area (Å²) >= 11 is 0. The van der Waals surface area contributed by atoms with E-state index >= 15 is 4.39 Å². The monoisotopic (exact) mass is 596 g/mol. The predicted octanol–water partition coefficient (Wildman–Crippen LogP) is 7.26. The van der Waals surface area contributed by atoms with Gasteiger partial charge in [0, 0.05) is 35.6 Å². The molecular formula is C34H27F3N4O3. The molecule has 0 radical (unpaired) electrons. The number of halogens is 3. The molecule has 1 aliphatic carbocycles. The van der Waals surface area contributed by atoms with Crippen LogP contribution in [0.15, 0.2) is 72.8 Å². The van der Waals surface area contributed by atoms with Crippen LogP contribution in [0.4, 0.5) is 13.2 Å². The summed E-state index contributed by atoms with van der Waals surface area (Å²) in [6, 6.07) is 20.4. The lowest BCUT2D eigenvalue weighted by Gasteiger charge is -2.40. The third-order valence-corrected chi connectivity index (χ3v) is 8.24. The van der Waals surface area contributed by atoms with Crippen molar-refractivity contribution in [2.24, 2.45) is 5.41 Å². The second kappa shape index (κ2) is 11.8. The molecule has 2 aromatic heterocycles. The number of alkyl halides is 1. The van der Waals surface area contributed by atoms with Gasteiger partial charge in [-0.3, -0.25) is 4.39 Å². The van der Waals surface area contributed by atoms with E-state index in [9.17, 15) is 18.7 Å². The molecule has 0 bridgehead atoms. The number of benzene rings is 3. The highest BCUT2D eigenvalue weighted by Gasteiger charge is 2.38. The molecule has 1 fully saturated rings. The molecular weight excluding hydrogens is 569 g/mol. The van der Waals surface area contributed by atoms with Crippen molar-refractivity contribution in [3.8, 4) is 23.2 Å². The van der Waals surface area contributed by atoms with Gasteiger partial charge in [-0.05, 0) is 60.9 Å². The molecule has 3 aromatic carbocycles. The summed E-state index contributed by atoms with van der Waals surface area (Å²) in [4.78, 5) is 20.8. The Morgan fingerprint density at radius 1 is 1.00 bits per heavy atom. The van der Waals surface area contributed by atoms with Crippen LogP contribution in [0.5, 0.6) is 5.88 Å². The largest absolute Gasteiger partial charge is 0.478 e. The SMILES string of the molecule is N#Cc1ccc(COc2cccc(-c3ccc(Cc4nc5ccc(C(=O)O)cc5n4CC4(CF)CCC4)c(F)c3)n2)c(F)c1. The maximum absolute atomic E-state index is 15.5. The van der Waals surface area contributed by atoms with Gasteiger partial charge in [-0.2, -0.15) is 5.26 Å².